The fourth-order valence-electron chi connectivity index (χ4n) is 4.66. The van der Waals surface area contributed by atoms with Gasteiger partial charge in [-0.1, -0.05) is 36.4 Å². The molecule has 1 aromatic heterocycles. The van der Waals surface area contributed by atoms with Gasteiger partial charge in [-0.05, 0) is 47.5 Å². The molecular weight excluding hydrogens is 498 g/mol. The Hall–Kier alpha value is -4.34. The van der Waals surface area contributed by atoms with Crippen LogP contribution in [0.4, 0.5) is 0 Å². The van der Waals surface area contributed by atoms with Gasteiger partial charge in [-0.15, -0.1) is 0 Å². The molecule has 0 spiro atoms. The van der Waals surface area contributed by atoms with Crippen molar-refractivity contribution in [2.24, 2.45) is 0 Å². The van der Waals surface area contributed by atoms with Gasteiger partial charge < -0.3 is 28.3 Å². The normalized spacial score (nSPS) is 14.5. The molecule has 9 heteroatoms. The zero-order chi connectivity index (χ0) is 26.4. The van der Waals surface area contributed by atoms with Crippen LogP contribution in [0.2, 0.25) is 0 Å². The summed E-state index contributed by atoms with van der Waals surface area (Å²) in [6.07, 6.45) is 1.44. The topological polar surface area (TPSA) is 86.5 Å². The van der Waals surface area contributed by atoms with Gasteiger partial charge in [0.25, 0.3) is 5.91 Å². The molecule has 3 aromatic carbocycles. The molecule has 0 bridgehead atoms. The minimum atomic E-state index is -0.138. The molecule has 4 aromatic rings. The fraction of sp³-hybridized carbons (Fsp3) is 0.267. The molecule has 2 aliphatic heterocycles. The van der Waals surface area contributed by atoms with Crippen molar-refractivity contribution >= 4 is 5.91 Å². The zero-order valence-corrected chi connectivity index (χ0v) is 21.5. The Morgan fingerprint density at radius 1 is 0.846 bits per heavy atom. The number of ether oxygens (including phenoxy) is 4. The highest BCUT2D eigenvalue weighted by Gasteiger charge is 2.23. The van der Waals surface area contributed by atoms with Gasteiger partial charge in [0.2, 0.25) is 12.7 Å². The van der Waals surface area contributed by atoms with Crippen molar-refractivity contribution in [2.45, 2.75) is 19.6 Å². The molecule has 1 fully saturated rings. The second-order valence-electron chi connectivity index (χ2n) is 9.43. The van der Waals surface area contributed by atoms with E-state index < -0.39 is 0 Å². The number of para-hydroxylation sites is 1. The van der Waals surface area contributed by atoms with Crippen molar-refractivity contribution in [3.63, 3.8) is 0 Å². The SMILES string of the molecule is O=C(c1coc(CN(Cc2cccc(Oc3ccccc3)c2)Cc2ccc3c(c2)OCO3)n1)N1CCOCC1. The van der Waals surface area contributed by atoms with E-state index in [0.717, 1.165) is 34.1 Å². The summed E-state index contributed by atoms with van der Waals surface area (Å²) in [6.45, 7) is 4.03. The van der Waals surface area contributed by atoms with Gasteiger partial charge in [0.15, 0.2) is 17.2 Å². The van der Waals surface area contributed by atoms with Crippen LogP contribution in [-0.2, 0) is 24.4 Å². The summed E-state index contributed by atoms with van der Waals surface area (Å²) in [5.41, 5.74) is 2.45. The first-order valence-electron chi connectivity index (χ1n) is 12.9. The lowest BCUT2D eigenvalue weighted by molar-refractivity contribution is 0.0299. The third-order valence-corrected chi connectivity index (χ3v) is 6.55. The monoisotopic (exact) mass is 527 g/mol. The summed E-state index contributed by atoms with van der Waals surface area (Å²) >= 11 is 0. The molecular formula is C30H29N3O6. The van der Waals surface area contributed by atoms with Crippen LogP contribution in [-0.4, -0.2) is 53.8 Å². The van der Waals surface area contributed by atoms with Crippen LogP contribution in [0.1, 0.15) is 27.5 Å². The molecule has 39 heavy (non-hydrogen) atoms. The molecule has 0 unspecified atom stereocenters. The van der Waals surface area contributed by atoms with Gasteiger partial charge in [0.05, 0.1) is 19.8 Å². The number of aromatic nitrogens is 1. The van der Waals surface area contributed by atoms with Crippen LogP contribution in [0.5, 0.6) is 23.0 Å². The van der Waals surface area contributed by atoms with E-state index >= 15 is 0 Å². The first kappa shape index (κ1) is 25.0. The highest BCUT2D eigenvalue weighted by molar-refractivity contribution is 5.92. The highest BCUT2D eigenvalue weighted by Crippen LogP contribution is 2.33. The van der Waals surface area contributed by atoms with Crippen molar-refractivity contribution in [1.29, 1.82) is 0 Å². The third kappa shape index (κ3) is 6.22. The molecule has 0 radical (unpaired) electrons. The molecule has 200 valence electrons. The Morgan fingerprint density at radius 2 is 1.62 bits per heavy atom. The summed E-state index contributed by atoms with van der Waals surface area (Å²) in [6, 6.07) is 23.7. The molecule has 2 aliphatic rings. The number of carbonyl (C=O) groups is 1. The summed E-state index contributed by atoms with van der Waals surface area (Å²) in [5.74, 6) is 3.36. The maximum absolute atomic E-state index is 12.9. The number of rotatable bonds is 9. The number of morpholine rings is 1. The summed E-state index contributed by atoms with van der Waals surface area (Å²) in [5, 5.41) is 0. The van der Waals surface area contributed by atoms with Crippen LogP contribution < -0.4 is 14.2 Å². The maximum Gasteiger partial charge on any atom is 0.275 e. The van der Waals surface area contributed by atoms with Gasteiger partial charge in [0.1, 0.15) is 17.8 Å². The number of oxazole rings is 1. The van der Waals surface area contributed by atoms with Gasteiger partial charge >= 0.3 is 0 Å². The molecule has 9 nitrogen and oxygen atoms in total. The second-order valence-corrected chi connectivity index (χ2v) is 9.43. The number of amides is 1. The molecule has 0 aliphatic carbocycles. The lowest BCUT2D eigenvalue weighted by atomic mass is 10.1. The maximum atomic E-state index is 12.9. The van der Waals surface area contributed by atoms with E-state index in [2.05, 4.69) is 16.0 Å². The number of nitrogens with zero attached hydrogens (tertiary/aromatic N) is 3. The van der Waals surface area contributed by atoms with E-state index in [1.54, 1.807) is 4.90 Å². The number of hydrogen-bond donors (Lipinski definition) is 0. The van der Waals surface area contributed by atoms with Crippen molar-refractivity contribution in [3.8, 4) is 23.0 Å². The standard InChI is InChI=1S/C30H29N3O6/c34-30(33-11-13-35-14-12-33)26-20-36-29(31-26)19-32(18-23-9-10-27-28(16-23)38-21-37-27)17-22-5-4-8-25(15-22)39-24-6-2-1-3-7-24/h1-10,15-16,20H,11-14,17-19,21H2. The minimum absolute atomic E-state index is 0.138. The van der Waals surface area contributed by atoms with Crippen molar-refractivity contribution in [1.82, 2.24) is 14.8 Å². The largest absolute Gasteiger partial charge is 0.457 e. The molecule has 1 amide bonds. The molecule has 3 heterocycles. The molecule has 1 saturated heterocycles. The first-order chi connectivity index (χ1) is 19.2. The van der Waals surface area contributed by atoms with Crippen LogP contribution in [0.3, 0.4) is 0 Å². The summed E-state index contributed by atoms with van der Waals surface area (Å²) < 4.78 is 28.2. The van der Waals surface area contributed by atoms with Gasteiger partial charge in [-0.3, -0.25) is 9.69 Å². The Kier molecular flexibility index (Phi) is 7.42. The quantitative estimate of drug-likeness (QED) is 0.305. The van der Waals surface area contributed by atoms with E-state index in [-0.39, 0.29) is 12.7 Å². The predicted octanol–water partition coefficient (Wildman–Crippen LogP) is 4.87. The summed E-state index contributed by atoms with van der Waals surface area (Å²) in [7, 11) is 0. The Morgan fingerprint density at radius 3 is 2.46 bits per heavy atom. The highest BCUT2D eigenvalue weighted by atomic mass is 16.7. The average Bonchev–Trinajstić information content (AvgIpc) is 3.63. The van der Waals surface area contributed by atoms with E-state index in [1.807, 2.05) is 66.7 Å². The van der Waals surface area contributed by atoms with Crippen LogP contribution >= 0.6 is 0 Å². The fourth-order valence-corrected chi connectivity index (χ4v) is 4.66. The lowest BCUT2D eigenvalue weighted by Gasteiger charge is -2.25. The molecule has 0 atom stereocenters. The van der Waals surface area contributed by atoms with Crippen LogP contribution in [0, 0.1) is 0 Å². The van der Waals surface area contributed by atoms with Gasteiger partial charge in [-0.25, -0.2) is 4.98 Å². The van der Waals surface area contributed by atoms with E-state index in [1.165, 1.54) is 6.26 Å². The van der Waals surface area contributed by atoms with Gasteiger partial charge in [-0.2, -0.15) is 0 Å². The number of benzene rings is 3. The van der Waals surface area contributed by atoms with Crippen molar-refractivity contribution in [3.05, 3.63) is 102 Å². The Balaban J connectivity index is 1.20. The molecule has 0 N–H and O–H groups in total. The number of carbonyl (C=O) groups excluding carboxylic acids is 1. The molecule has 0 saturated carbocycles. The van der Waals surface area contributed by atoms with E-state index in [4.69, 9.17) is 23.4 Å². The van der Waals surface area contributed by atoms with Crippen molar-refractivity contribution < 1.29 is 28.2 Å². The average molecular weight is 528 g/mol. The smallest absolute Gasteiger partial charge is 0.275 e. The zero-order valence-electron chi connectivity index (χ0n) is 21.5. The van der Waals surface area contributed by atoms with Gasteiger partial charge in [0, 0.05) is 26.2 Å². The lowest BCUT2D eigenvalue weighted by Crippen LogP contribution is -2.40. The Labute approximate surface area is 226 Å². The Bertz CT molecular complexity index is 1420. The van der Waals surface area contributed by atoms with Crippen LogP contribution in [0.25, 0.3) is 0 Å². The minimum Gasteiger partial charge on any atom is -0.457 e. The third-order valence-electron chi connectivity index (χ3n) is 6.55. The molecule has 6 rings (SSSR count). The van der Waals surface area contributed by atoms with E-state index in [9.17, 15) is 4.79 Å². The predicted molar refractivity (Wildman–Crippen MR) is 142 cm³/mol. The number of hydrogen-bond acceptors (Lipinski definition) is 8. The number of fused-ring (bicyclic) bond motifs is 1. The first-order valence-corrected chi connectivity index (χ1v) is 12.9. The second kappa shape index (κ2) is 11.6. The summed E-state index contributed by atoms with van der Waals surface area (Å²) in [4.78, 5) is 21.3. The van der Waals surface area contributed by atoms with Crippen molar-refractivity contribution in [2.75, 3.05) is 33.1 Å². The van der Waals surface area contributed by atoms with E-state index in [0.29, 0.717) is 57.5 Å². The van der Waals surface area contributed by atoms with Crippen LogP contribution in [0.15, 0.2) is 83.5 Å².